The molecule has 0 aromatic heterocycles. The zero-order chi connectivity index (χ0) is 28.8. The topological polar surface area (TPSA) is 135 Å². The first-order valence-corrected chi connectivity index (χ1v) is 13.8. The van der Waals surface area contributed by atoms with Crippen molar-refractivity contribution in [2.24, 2.45) is 0 Å². The summed E-state index contributed by atoms with van der Waals surface area (Å²) in [5, 5.41) is 21.7. The average Bonchev–Trinajstić information content (AvgIpc) is 3.67. The van der Waals surface area contributed by atoms with Gasteiger partial charge in [0.05, 0.1) is 12.2 Å². The summed E-state index contributed by atoms with van der Waals surface area (Å²) in [6.07, 6.45) is 5.35. The number of nitrogens with zero attached hydrogens (tertiary/aromatic N) is 1. The lowest BCUT2D eigenvalue weighted by atomic mass is 9.91. The molecule has 1 aliphatic carbocycles. The number of aliphatic hydroxyl groups is 1. The Hall–Kier alpha value is -3.99. The lowest BCUT2D eigenvalue weighted by Gasteiger charge is -2.32. The van der Waals surface area contributed by atoms with Crippen LogP contribution in [0.2, 0.25) is 0 Å². The van der Waals surface area contributed by atoms with Crippen molar-refractivity contribution in [1.82, 2.24) is 10.2 Å². The van der Waals surface area contributed by atoms with Crippen LogP contribution >= 0.6 is 0 Å². The maximum absolute atomic E-state index is 13.6. The van der Waals surface area contributed by atoms with Crippen LogP contribution in [0.4, 0.5) is 0 Å². The van der Waals surface area contributed by atoms with E-state index in [2.05, 4.69) is 5.32 Å². The van der Waals surface area contributed by atoms with E-state index in [0.29, 0.717) is 42.5 Å². The zero-order valence-corrected chi connectivity index (χ0v) is 22.6. The van der Waals surface area contributed by atoms with Crippen LogP contribution < -0.4 is 5.32 Å². The molecule has 0 unspecified atom stereocenters. The first-order valence-electron chi connectivity index (χ1n) is 13.8. The van der Waals surface area contributed by atoms with Crippen LogP contribution in [0, 0.1) is 0 Å². The third-order valence-corrected chi connectivity index (χ3v) is 7.57. The molecular formula is C31H34N2O8. The van der Waals surface area contributed by atoms with Crippen LogP contribution in [0.15, 0.2) is 66.3 Å². The number of amides is 2. The van der Waals surface area contributed by atoms with E-state index in [1.165, 1.54) is 4.90 Å². The van der Waals surface area contributed by atoms with E-state index < -0.39 is 30.3 Å². The van der Waals surface area contributed by atoms with Gasteiger partial charge in [0.15, 0.2) is 0 Å². The molecule has 2 saturated heterocycles. The Morgan fingerprint density at radius 2 is 1.90 bits per heavy atom. The fourth-order valence-corrected chi connectivity index (χ4v) is 5.50. The van der Waals surface area contributed by atoms with E-state index in [0.717, 1.165) is 5.56 Å². The van der Waals surface area contributed by atoms with Crippen molar-refractivity contribution in [2.75, 3.05) is 26.5 Å². The fraction of sp³-hybridized carbons (Fsp3) is 0.387. The normalized spacial score (nSPS) is 23.7. The standard InChI is InChI=1S/C31H34N2O8/c34-16-14-32-29(36)24-12-6-15-33(24)30(37)22-17-26-28(40-19-39-26)27(18-22)41-31(38)23-11-3-1-7-20(23)9-5-10-21-8-2-4-13-25(21)35/h1-5,7-9,11,13,17,24,26-28,34-35H,6,10,12,14-16,18-19H2,(H,32,36)/t24-,26-,27-,28-/m1/s1. The Labute approximate surface area is 238 Å². The Morgan fingerprint density at radius 1 is 1.10 bits per heavy atom. The van der Waals surface area contributed by atoms with Gasteiger partial charge in [-0.05, 0) is 48.6 Å². The van der Waals surface area contributed by atoms with Gasteiger partial charge in [0.25, 0.3) is 0 Å². The van der Waals surface area contributed by atoms with Gasteiger partial charge in [-0.1, -0.05) is 48.6 Å². The molecule has 0 radical (unpaired) electrons. The van der Waals surface area contributed by atoms with Gasteiger partial charge in [0, 0.05) is 25.1 Å². The fourth-order valence-electron chi connectivity index (χ4n) is 5.50. The van der Waals surface area contributed by atoms with Crippen LogP contribution in [-0.4, -0.2) is 83.7 Å². The number of rotatable bonds is 9. The van der Waals surface area contributed by atoms with Crippen LogP contribution in [-0.2, 0) is 30.2 Å². The molecule has 2 aliphatic heterocycles. The number of allylic oxidation sites excluding steroid dienone is 1. The molecule has 2 aromatic carbocycles. The number of carbonyl (C=O) groups excluding carboxylic acids is 3. The predicted octanol–water partition coefficient (Wildman–Crippen LogP) is 2.34. The number of hydrogen-bond donors (Lipinski definition) is 3. The van der Waals surface area contributed by atoms with Crippen molar-refractivity contribution in [1.29, 1.82) is 0 Å². The number of phenols is 1. The van der Waals surface area contributed by atoms with Crippen molar-refractivity contribution in [2.45, 2.75) is 50.0 Å². The summed E-state index contributed by atoms with van der Waals surface area (Å²) < 4.78 is 17.3. The van der Waals surface area contributed by atoms with Crippen LogP contribution in [0.25, 0.3) is 6.08 Å². The highest BCUT2D eigenvalue weighted by atomic mass is 16.7. The molecule has 2 aromatic rings. The molecule has 216 valence electrons. The summed E-state index contributed by atoms with van der Waals surface area (Å²) in [5.41, 5.74) is 2.20. The predicted molar refractivity (Wildman–Crippen MR) is 149 cm³/mol. The monoisotopic (exact) mass is 562 g/mol. The number of phenolic OH excluding ortho intramolecular Hbond substituents is 1. The number of benzene rings is 2. The minimum atomic E-state index is -0.762. The maximum Gasteiger partial charge on any atom is 0.339 e. The molecule has 2 amide bonds. The van der Waals surface area contributed by atoms with E-state index >= 15 is 0 Å². The van der Waals surface area contributed by atoms with Gasteiger partial charge in [-0.25, -0.2) is 4.79 Å². The zero-order valence-electron chi connectivity index (χ0n) is 22.6. The van der Waals surface area contributed by atoms with Crippen molar-refractivity contribution in [3.05, 3.63) is 82.9 Å². The van der Waals surface area contributed by atoms with E-state index in [9.17, 15) is 19.5 Å². The third-order valence-electron chi connectivity index (χ3n) is 7.57. The highest BCUT2D eigenvalue weighted by Crippen LogP contribution is 2.33. The number of fused-ring (bicyclic) bond motifs is 1. The number of aliphatic hydroxyl groups excluding tert-OH is 1. The molecule has 0 spiro atoms. The first kappa shape index (κ1) is 28.5. The molecule has 0 saturated carbocycles. The molecule has 10 heteroatoms. The third kappa shape index (κ3) is 6.51. The number of aromatic hydroxyl groups is 1. The number of ether oxygens (including phenoxy) is 3. The van der Waals surface area contributed by atoms with E-state index in [4.69, 9.17) is 19.3 Å². The molecule has 0 bridgehead atoms. The lowest BCUT2D eigenvalue weighted by Crippen LogP contribution is -2.49. The Kier molecular flexibility index (Phi) is 9.13. The molecule has 3 aliphatic rings. The van der Waals surface area contributed by atoms with Crippen molar-refractivity contribution < 1.29 is 38.8 Å². The SMILES string of the molecule is O=C(O[C@@H]1CC(C(=O)N2CCC[C@@H]2C(=O)NCCO)=C[C@H]2OCO[C@H]21)c1ccccc1C=CCc1ccccc1O. The van der Waals surface area contributed by atoms with Gasteiger partial charge in [-0.15, -0.1) is 0 Å². The molecule has 10 nitrogen and oxygen atoms in total. The van der Waals surface area contributed by atoms with Gasteiger partial charge in [-0.2, -0.15) is 0 Å². The minimum absolute atomic E-state index is 0.0168. The van der Waals surface area contributed by atoms with Crippen LogP contribution in [0.5, 0.6) is 5.75 Å². The highest BCUT2D eigenvalue weighted by molar-refractivity contribution is 5.98. The van der Waals surface area contributed by atoms with Gasteiger partial charge in [0.2, 0.25) is 11.8 Å². The molecule has 41 heavy (non-hydrogen) atoms. The second kappa shape index (κ2) is 13.1. The Morgan fingerprint density at radius 3 is 2.73 bits per heavy atom. The van der Waals surface area contributed by atoms with Crippen LogP contribution in [0.1, 0.15) is 40.7 Å². The first-order chi connectivity index (χ1) is 20.0. The van der Waals surface area contributed by atoms with Gasteiger partial charge >= 0.3 is 5.97 Å². The minimum Gasteiger partial charge on any atom is -0.508 e. The summed E-state index contributed by atoms with van der Waals surface area (Å²) in [6, 6.07) is 13.5. The van der Waals surface area contributed by atoms with E-state index in [1.54, 1.807) is 36.4 Å². The van der Waals surface area contributed by atoms with Gasteiger partial charge < -0.3 is 34.6 Å². The number of carbonyl (C=O) groups is 3. The summed E-state index contributed by atoms with van der Waals surface area (Å²) in [6.45, 7) is 0.394. The average molecular weight is 563 g/mol. The van der Waals surface area contributed by atoms with Crippen molar-refractivity contribution in [3.8, 4) is 5.75 Å². The number of para-hydroxylation sites is 1. The van der Waals surface area contributed by atoms with Gasteiger partial charge in [-0.3, -0.25) is 9.59 Å². The largest absolute Gasteiger partial charge is 0.508 e. The van der Waals surface area contributed by atoms with E-state index in [-0.39, 0.29) is 43.9 Å². The molecule has 5 rings (SSSR count). The van der Waals surface area contributed by atoms with Crippen molar-refractivity contribution in [3.63, 3.8) is 0 Å². The summed E-state index contributed by atoms with van der Waals surface area (Å²) in [7, 11) is 0. The quantitative estimate of drug-likeness (QED) is 0.397. The summed E-state index contributed by atoms with van der Waals surface area (Å²) in [5.74, 6) is -0.938. The smallest absolute Gasteiger partial charge is 0.339 e. The number of esters is 1. The van der Waals surface area contributed by atoms with Crippen molar-refractivity contribution >= 4 is 23.9 Å². The molecule has 2 heterocycles. The molecular weight excluding hydrogens is 528 g/mol. The number of nitrogens with one attached hydrogen (secondary N) is 1. The summed E-state index contributed by atoms with van der Waals surface area (Å²) >= 11 is 0. The van der Waals surface area contributed by atoms with Crippen LogP contribution in [0.3, 0.4) is 0 Å². The number of likely N-dealkylation sites (tertiary alicyclic amines) is 1. The second-order valence-corrected chi connectivity index (χ2v) is 10.2. The van der Waals surface area contributed by atoms with E-state index in [1.807, 2.05) is 30.4 Å². The maximum atomic E-state index is 13.6. The lowest BCUT2D eigenvalue weighted by molar-refractivity contribution is -0.136. The van der Waals surface area contributed by atoms with Gasteiger partial charge in [0.1, 0.15) is 36.9 Å². The Bertz CT molecular complexity index is 1340. The number of hydrogen-bond acceptors (Lipinski definition) is 8. The Balaban J connectivity index is 1.29. The highest BCUT2D eigenvalue weighted by Gasteiger charge is 2.44. The molecule has 4 atom stereocenters. The second-order valence-electron chi connectivity index (χ2n) is 10.2. The molecule has 3 N–H and O–H groups in total. The summed E-state index contributed by atoms with van der Waals surface area (Å²) in [4.78, 5) is 41.1. The molecule has 2 fully saturated rings.